The molecule has 0 N–H and O–H groups in total. The molecule has 0 radical (unpaired) electrons. The molecule has 2 rings (SSSR count). The zero-order chi connectivity index (χ0) is 10.7. The molecule has 0 saturated heterocycles. The van der Waals surface area contributed by atoms with Crippen molar-refractivity contribution in [1.29, 1.82) is 0 Å². The number of carbonyl (C=O) groups excluding carboxylic acids is 1. The molecule has 1 heteroatoms. The fourth-order valence-electron chi connectivity index (χ4n) is 1.97. The van der Waals surface area contributed by atoms with Gasteiger partial charge in [-0.1, -0.05) is 35.4 Å². The molecule has 0 aromatic heterocycles. The van der Waals surface area contributed by atoms with Crippen LogP contribution in [0.4, 0.5) is 0 Å². The van der Waals surface area contributed by atoms with Crippen molar-refractivity contribution in [3.63, 3.8) is 0 Å². The second kappa shape index (κ2) is 4.43. The molecule has 0 bridgehead atoms. The summed E-state index contributed by atoms with van der Waals surface area (Å²) in [4.78, 5) is 11.2. The SMILES string of the molecule is Cc1ccc(CC2=CC(=O)CCC2)cc1. The van der Waals surface area contributed by atoms with Crippen molar-refractivity contribution in [2.45, 2.75) is 32.6 Å². The first-order valence-electron chi connectivity index (χ1n) is 5.52. The Hall–Kier alpha value is -1.37. The smallest absolute Gasteiger partial charge is 0.155 e. The maximum Gasteiger partial charge on any atom is 0.155 e. The van der Waals surface area contributed by atoms with E-state index in [0.717, 1.165) is 25.7 Å². The Morgan fingerprint density at radius 3 is 2.53 bits per heavy atom. The van der Waals surface area contributed by atoms with Gasteiger partial charge in [-0.15, -0.1) is 0 Å². The average Bonchev–Trinajstić information content (AvgIpc) is 2.22. The summed E-state index contributed by atoms with van der Waals surface area (Å²) in [6.07, 6.45) is 5.61. The molecule has 78 valence electrons. The minimum absolute atomic E-state index is 0.295. The van der Waals surface area contributed by atoms with Crippen LogP contribution in [0.25, 0.3) is 0 Å². The van der Waals surface area contributed by atoms with Gasteiger partial charge in [0.25, 0.3) is 0 Å². The first-order valence-corrected chi connectivity index (χ1v) is 5.52. The molecule has 1 aromatic carbocycles. The van der Waals surface area contributed by atoms with Gasteiger partial charge in [-0.05, 0) is 37.8 Å². The van der Waals surface area contributed by atoms with E-state index in [1.54, 1.807) is 0 Å². The lowest BCUT2D eigenvalue weighted by Crippen LogP contribution is -2.04. The maximum absolute atomic E-state index is 11.2. The number of hydrogen-bond donors (Lipinski definition) is 0. The van der Waals surface area contributed by atoms with Crippen LogP contribution in [0.2, 0.25) is 0 Å². The molecule has 1 aliphatic rings. The van der Waals surface area contributed by atoms with Gasteiger partial charge in [0, 0.05) is 6.42 Å². The van der Waals surface area contributed by atoms with E-state index in [1.807, 2.05) is 6.08 Å². The highest BCUT2D eigenvalue weighted by Gasteiger charge is 2.09. The molecular formula is C14H16O. The molecular weight excluding hydrogens is 184 g/mol. The van der Waals surface area contributed by atoms with Gasteiger partial charge in [0.1, 0.15) is 0 Å². The molecule has 0 fully saturated rings. The summed E-state index contributed by atoms with van der Waals surface area (Å²) in [5, 5.41) is 0. The lowest BCUT2D eigenvalue weighted by atomic mass is 9.93. The zero-order valence-corrected chi connectivity index (χ0v) is 9.12. The molecule has 1 aliphatic carbocycles. The van der Waals surface area contributed by atoms with Crippen LogP contribution in [0.15, 0.2) is 35.9 Å². The summed E-state index contributed by atoms with van der Waals surface area (Å²) in [5.74, 6) is 0.295. The Balaban J connectivity index is 2.08. The Morgan fingerprint density at radius 2 is 1.87 bits per heavy atom. The summed E-state index contributed by atoms with van der Waals surface area (Å²) in [6, 6.07) is 8.55. The molecule has 0 atom stereocenters. The van der Waals surface area contributed by atoms with E-state index in [4.69, 9.17) is 0 Å². The summed E-state index contributed by atoms with van der Waals surface area (Å²) >= 11 is 0. The van der Waals surface area contributed by atoms with Crippen LogP contribution in [0.1, 0.15) is 30.4 Å². The normalized spacial score (nSPS) is 16.3. The van der Waals surface area contributed by atoms with Crippen LogP contribution < -0.4 is 0 Å². The third kappa shape index (κ3) is 2.79. The Labute approximate surface area is 90.8 Å². The molecule has 0 amide bonds. The number of benzene rings is 1. The second-order valence-corrected chi connectivity index (χ2v) is 4.28. The molecule has 0 aliphatic heterocycles. The second-order valence-electron chi connectivity index (χ2n) is 4.28. The van der Waals surface area contributed by atoms with Crippen LogP contribution in [0, 0.1) is 6.92 Å². The molecule has 0 heterocycles. The number of carbonyl (C=O) groups is 1. The van der Waals surface area contributed by atoms with Gasteiger partial charge in [0.05, 0.1) is 0 Å². The minimum atomic E-state index is 0.295. The Bertz CT molecular complexity index is 384. The van der Waals surface area contributed by atoms with Crippen LogP contribution >= 0.6 is 0 Å². The van der Waals surface area contributed by atoms with Gasteiger partial charge in [-0.25, -0.2) is 0 Å². The summed E-state index contributed by atoms with van der Waals surface area (Å²) in [7, 11) is 0. The van der Waals surface area contributed by atoms with Crippen LogP contribution in [-0.4, -0.2) is 5.78 Å². The quantitative estimate of drug-likeness (QED) is 0.716. The first-order chi connectivity index (χ1) is 7.24. The monoisotopic (exact) mass is 200 g/mol. The molecule has 0 saturated carbocycles. The lowest BCUT2D eigenvalue weighted by Gasteiger charge is -2.11. The van der Waals surface area contributed by atoms with Crippen molar-refractivity contribution in [2.75, 3.05) is 0 Å². The van der Waals surface area contributed by atoms with Gasteiger partial charge in [0.2, 0.25) is 0 Å². The third-order valence-corrected chi connectivity index (χ3v) is 2.84. The summed E-state index contributed by atoms with van der Waals surface area (Å²) in [6.45, 7) is 2.09. The molecule has 1 nitrogen and oxygen atoms in total. The number of hydrogen-bond acceptors (Lipinski definition) is 1. The predicted octanol–water partition coefficient (Wildman–Crippen LogP) is 3.22. The number of rotatable bonds is 2. The van der Waals surface area contributed by atoms with E-state index in [-0.39, 0.29) is 0 Å². The van der Waals surface area contributed by atoms with Gasteiger partial charge in [-0.2, -0.15) is 0 Å². The van der Waals surface area contributed by atoms with E-state index in [1.165, 1.54) is 16.7 Å². The van der Waals surface area contributed by atoms with Crippen molar-refractivity contribution >= 4 is 5.78 Å². The van der Waals surface area contributed by atoms with Crippen molar-refractivity contribution in [3.8, 4) is 0 Å². The third-order valence-electron chi connectivity index (χ3n) is 2.84. The van der Waals surface area contributed by atoms with Crippen molar-refractivity contribution < 1.29 is 4.79 Å². The molecule has 0 spiro atoms. The molecule has 0 unspecified atom stereocenters. The Kier molecular flexibility index (Phi) is 3.00. The van der Waals surface area contributed by atoms with E-state index in [0.29, 0.717) is 5.78 Å². The predicted molar refractivity (Wildman–Crippen MR) is 61.8 cm³/mol. The van der Waals surface area contributed by atoms with Gasteiger partial charge < -0.3 is 0 Å². The standard InChI is InChI=1S/C14H16O/c1-11-5-7-12(8-6-11)9-13-3-2-4-14(15)10-13/h5-8,10H,2-4,9H2,1H3. The number of ketones is 1. The average molecular weight is 200 g/mol. The summed E-state index contributed by atoms with van der Waals surface area (Å²) in [5.41, 5.74) is 3.88. The zero-order valence-electron chi connectivity index (χ0n) is 9.12. The van der Waals surface area contributed by atoms with Crippen LogP contribution in [0.3, 0.4) is 0 Å². The molecule has 15 heavy (non-hydrogen) atoms. The largest absolute Gasteiger partial charge is 0.295 e. The highest BCUT2D eigenvalue weighted by Crippen LogP contribution is 2.19. The lowest BCUT2D eigenvalue weighted by molar-refractivity contribution is -0.115. The minimum Gasteiger partial charge on any atom is -0.295 e. The van der Waals surface area contributed by atoms with E-state index < -0.39 is 0 Å². The maximum atomic E-state index is 11.2. The topological polar surface area (TPSA) is 17.1 Å². The van der Waals surface area contributed by atoms with Crippen LogP contribution in [-0.2, 0) is 11.2 Å². The van der Waals surface area contributed by atoms with Gasteiger partial charge in [-0.3, -0.25) is 4.79 Å². The van der Waals surface area contributed by atoms with Gasteiger partial charge >= 0.3 is 0 Å². The number of aryl methyl sites for hydroxylation is 1. The van der Waals surface area contributed by atoms with Crippen molar-refractivity contribution in [2.24, 2.45) is 0 Å². The first kappa shape index (κ1) is 10.2. The van der Waals surface area contributed by atoms with E-state index >= 15 is 0 Å². The highest BCUT2D eigenvalue weighted by molar-refractivity contribution is 5.91. The Morgan fingerprint density at radius 1 is 1.13 bits per heavy atom. The summed E-state index contributed by atoms with van der Waals surface area (Å²) < 4.78 is 0. The highest BCUT2D eigenvalue weighted by atomic mass is 16.1. The van der Waals surface area contributed by atoms with Gasteiger partial charge in [0.15, 0.2) is 5.78 Å². The fraction of sp³-hybridized carbons (Fsp3) is 0.357. The van der Waals surface area contributed by atoms with E-state index in [2.05, 4.69) is 31.2 Å². The number of allylic oxidation sites excluding steroid dienone is 2. The van der Waals surface area contributed by atoms with Crippen molar-refractivity contribution in [1.82, 2.24) is 0 Å². The molecule has 1 aromatic rings. The van der Waals surface area contributed by atoms with Crippen LogP contribution in [0.5, 0.6) is 0 Å². The van der Waals surface area contributed by atoms with Crippen molar-refractivity contribution in [3.05, 3.63) is 47.0 Å². The van der Waals surface area contributed by atoms with E-state index in [9.17, 15) is 4.79 Å². The fourth-order valence-corrected chi connectivity index (χ4v) is 1.97.